The van der Waals surface area contributed by atoms with Crippen LogP contribution in [-0.4, -0.2) is 45.5 Å². The van der Waals surface area contributed by atoms with Crippen LogP contribution in [0.3, 0.4) is 0 Å². The van der Waals surface area contributed by atoms with Gasteiger partial charge in [0.15, 0.2) is 0 Å². The molecule has 2 atom stereocenters. The molecular weight excluding hydrogens is 684 g/mol. The zero-order valence-corrected chi connectivity index (χ0v) is 28.6. The molecule has 0 saturated carbocycles. The lowest BCUT2D eigenvalue weighted by Crippen LogP contribution is -2.46. The number of imide groups is 2. The fraction of sp³-hybridized carbons (Fsp3) is 0.333. The highest BCUT2D eigenvalue weighted by Crippen LogP contribution is 2.50. The van der Waals surface area contributed by atoms with Gasteiger partial charge in [-0.3, -0.25) is 29.0 Å². The predicted molar refractivity (Wildman–Crippen MR) is 182 cm³/mol. The number of hydrogen-bond donors (Lipinski definition) is 0. The lowest BCUT2D eigenvalue weighted by molar-refractivity contribution is 0.0519. The van der Waals surface area contributed by atoms with Gasteiger partial charge in [0.25, 0.3) is 23.6 Å². The molecule has 6 nitrogen and oxygen atoms in total. The maximum Gasteiger partial charge on any atom is 0.261 e. The van der Waals surface area contributed by atoms with E-state index in [4.69, 9.17) is 0 Å². The average Bonchev–Trinajstić information content (AvgIpc) is 2.94. The number of hydrogen-bond acceptors (Lipinski definition) is 4. The van der Waals surface area contributed by atoms with Crippen molar-refractivity contribution >= 4 is 98.6 Å². The molecule has 2 unspecified atom stereocenters. The number of nitrogens with zero attached hydrogens (tertiary/aromatic N) is 2. The van der Waals surface area contributed by atoms with Crippen molar-refractivity contribution in [3.05, 3.63) is 67.6 Å². The molecule has 5 aromatic rings. The molecule has 2 aliphatic heterocycles. The van der Waals surface area contributed by atoms with Gasteiger partial charge in [0.2, 0.25) is 0 Å². The molecule has 2 aliphatic rings. The smallest absolute Gasteiger partial charge is 0.261 e. The van der Waals surface area contributed by atoms with E-state index in [9.17, 15) is 19.2 Å². The Labute approximate surface area is 272 Å². The molecule has 44 heavy (non-hydrogen) atoms. The van der Waals surface area contributed by atoms with Crippen molar-refractivity contribution < 1.29 is 19.2 Å². The van der Waals surface area contributed by atoms with E-state index in [0.29, 0.717) is 57.7 Å². The Bertz CT molecular complexity index is 1980. The Morgan fingerprint density at radius 3 is 1.18 bits per heavy atom. The number of benzene rings is 5. The van der Waals surface area contributed by atoms with Crippen LogP contribution in [0, 0.1) is 11.8 Å². The van der Waals surface area contributed by atoms with Gasteiger partial charge < -0.3 is 0 Å². The minimum absolute atomic E-state index is 0.242. The van der Waals surface area contributed by atoms with Crippen molar-refractivity contribution in [1.29, 1.82) is 0 Å². The summed E-state index contributed by atoms with van der Waals surface area (Å²) < 4.78 is 1.45. The molecular formula is C36H32Br2N2O4. The SMILES string of the molecule is CC(C)CC(C)N1C(=O)c2ccc3c4c(Br)cc5c6c(ccc(c7c(Br)cc(c2c37)C1=O)c64)C(=O)N(C(C)CC(C)C)C5=O. The Morgan fingerprint density at radius 1 is 0.500 bits per heavy atom. The second-order valence-corrected chi connectivity index (χ2v) is 15.0. The van der Waals surface area contributed by atoms with Gasteiger partial charge in [-0.05, 0) is 73.6 Å². The third kappa shape index (κ3) is 3.89. The second kappa shape index (κ2) is 10.1. The van der Waals surface area contributed by atoms with Crippen molar-refractivity contribution in [2.45, 2.75) is 66.5 Å². The molecule has 0 radical (unpaired) electrons. The number of amides is 4. The standard InChI is InChI=1S/C36H32Br2N2O4/c1-15(2)11-17(5)39-33(41)21-9-7-19-30-26(38)14-24-28-22(34(42)40(36(24)44)18(6)12-16(3)4)10-8-20(32(28)30)29-25(37)13-23(35(39)43)27(21)31(19)29/h7-10,13-18H,11-12H2,1-6H3. The Kier molecular flexibility index (Phi) is 6.72. The highest BCUT2D eigenvalue weighted by molar-refractivity contribution is 9.11. The summed E-state index contributed by atoms with van der Waals surface area (Å²) in [5, 5.41) is 6.34. The van der Waals surface area contributed by atoms with Crippen molar-refractivity contribution in [1.82, 2.24) is 9.80 Å². The monoisotopic (exact) mass is 714 g/mol. The molecule has 0 saturated heterocycles. The summed E-state index contributed by atoms with van der Waals surface area (Å²) in [5.74, 6) is -0.484. The quantitative estimate of drug-likeness (QED) is 0.0998. The maximum atomic E-state index is 14.0. The van der Waals surface area contributed by atoms with Crippen LogP contribution in [0.15, 0.2) is 45.3 Å². The summed E-state index contributed by atoms with van der Waals surface area (Å²) >= 11 is 7.59. The molecule has 224 valence electrons. The normalized spacial score (nSPS) is 16.7. The van der Waals surface area contributed by atoms with Gasteiger partial charge in [-0.25, -0.2) is 0 Å². The fourth-order valence-corrected chi connectivity index (χ4v) is 9.06. The number of carbonyl (C=O) groups excluding carboxylic acids is 4. The Balaban J connectivity index is 1.56. The van der Waals surface area contributed by atoms with Crippen LogP contribution in [0.1, 0.15) is 95.8 Å². The summed E-state index contributed by atoms with van der Waals surface area (Å²) in [4.78, 5) is 58.6. The van der Waals surface area contributed by atoms with E-state index in [1.807, 2.05) is 50.2 Å². The maximum absolute atomic E-state index is 14.0. The lowest BCUT2D eigenvalue weighted by Gasteiger charge is -2.34. The van der Waals surface area contributed by atoms with E-state index in [0.717, 1.165) is 41.3 Å². The molecule has 8 heteroatoms. The molecule has 0 spiro atoms. The average molecular weight is 716 g/mol. The first kappa shape index (κ1) is 29.4. The fourth-order valence-electron chi connectivity index (χ4n) is 7.78. The minimum atomic E-state index is -0.290. The highest BCUT2D eigenvalue weighted by Gasteiger charge is 2.40. The van der Waals surface area contributed by atoms with Crippen molar-refractivity contribution in [2.75, 3.05) is 0 Å². The van der Waals surface area contributed by atoms with Crippen molar-refractivity contribution in [3.63, 3.8) is 0 Å². The van der Waals surface area contributed by atoms with Crippen LogP contribution >= 0.6 is 31.9 Å². The molecule has 0 fully saturated rings. The van der Waals surface area contributed by atoms with E-state index >= 15 is 0 Å². The van der Waals surface area contributed by atoms with Gasteiger partial charge in [-0.1, -0.05) is 71.7 Å². The summed E-state index contributed by atoms with van der Waals surface area (Å²) in [5.41, 5.74) is 2.00. The van der Waals surface area contributed by atoms with E-state index in [1.165, 1.54) is 9.80 Å². The van der Waals surface area contributed by atoms with Crippen LogP contribution < -0.4 is 0 Å². The van der Waals surface area contributed by atoms with Crippen LogP contribution in [0.2, 0.25) is 0 Å². The largest absolute Gasteiger partial charge is 0.272 e. The second-order valence-electron chi connectivity index (χ2n) is 13.3. The molecule has 4 amide bonds. The van der Waals surface area contributed by atoms with Gasteiger partial charge in [-0.2, -0.15) is 0 Å². The van der Waals surface area contributed by atoms with E-state index in [-0.39, 0.29) is 35.7 Å². The third-order valence-corrected chi connectivity index (χ3v) is 10.6. The van der Waals surface area contributed by atoms with Gasteiger partial charge in [-0.15, -0.1) is 0 Å². The Morgan fingerprint density at radius 2 is 0.841 bits per heavy atom. The van der Waals surface area contributed by atoms with Crippen molar-refractivity contribution in [2.24, 2.45) is 11.8 Å². The van der Waals surface area contributed by atoms with Gasteiger partial charge in [0.05, 0.1) is 0 Å². The lowest BCUT2D eigenvalue weighted by atomic mass is 9.81. The van der Waals surface area contributed by atoms with Crippen LogP contribution in [0.5, 0.6) is 0 Å². The van der Waals surface area contributed by atoms with E-state index in [1.54, 1.807) is 0 Å². The molecule has 0 bridgehead atoms. The zero-order chi connectivity index (χ0) is 31.5. The van der Waals surface area contributed by atoms with Gasteiger partial charge in [0, 0.05) is 75.6 Å². The summed E-state index contributed by atoms with van der Waals surface area (Å²) in [6.45, 7) is 12.2. The minimum Gasteiger partial charge on any atom is -0.272 e. The van der Waals surface area contributed by atoms with E-state index < -0.39 is 0 Å². The van der Waals surface area contributed by atoms with Crippen molar-refractivity contribution in [3.8, 4) is 0 Å². The van der Waals surface area contributed by atoms with Gasteiger partial charge >= 0.3 is 0 Å². The molecule has 2 heterocycles. The Hall–Kier alpha value is -3.36. The summed E-state index contributed by atoms with van der Waals surface area (Å²) in [6, 6.07) is 10.7. The molecule has 7 rings (SSSR count). The summed E-state index contributed by atoms with van der Waals surface area (Å²) in [7, 11) is 0. The topological polar surface area (TPSA) is 74.8 Å². The van der Waals surface area contributed by atoms with Crippen LogP contribution in [0.25, 0.3) is 43.1 Å². The van der Waals surface area contributed by atoms with Crippen LogP contribution in [0.4, 0.5) is 0 Å². The predicted octanol–water partition coefficient (Wildman–Crippen LogP) is 9.32. The van der Waals surface area contributed by atoms with E-state index in [2.05, 4.69) is 59.6 Å². The highest BCUT2D eigenvalue weighted by atomic mass is 79.9. The first-order valence-electron chi connectivity index (χ1n) is 15.2. The molecule has 0 aliphatic carbocycles. The molecule has 0 aromatic heterocycles. The van der Waals surface area contributed by atoms with Gasteiger partial charge in [0.1, 0.15) is 0 Å². The number of carbonyl (C=O) groups is 4. The molecule has 5 aromatic carbocycles. The number of rotatable bonds is 6. The molecule has 0 N–H and O–H groups in total. The summed E-state index contributed by atoms with van der Waals surface area (Å²) in [6.07, 6.45) is 1.43. The van der Waals surface area contributed by atoms with Crippen LogP contribution in [-0.2, 0) is 0 Å². The first-order chi connectivity index (χ1) is 20.8. The zero-order valence-electron chi connectivity index (χ0n) is 25.5. The number of halogens is 2. The number of fused-ring (bicyclic) bond motifs is 2. The third-order valence-electron chi connectivity index (χ3n) is 9.31. The first-order valence-corrected chi connectivity index (χ1v) is 16.8.